The quantitative estimate of drug-likeness (QED) is 0.354. The SMILES string of the molecule is CCNC(=NCc1cccc(COCCOCC)c1)NCCC(F)(F)F. The number of rotatable bonds is 11. The van der Waals surface area contributed by atoms with Crippen molar-refractivity contribution in [2.75, 3.05) is 32.9 Å². The molecule has 0 spiro atoms. The van der Waals surface area contributed by atoms with Crippen molar-refractivity contribution in [1.82, 2.24) is 10.6 Å². The standard InChI is InChI=1S/C18H28F3N3O2/c1-3-22-17(23-9-8-18(19,20)21)24-13-15-6-5-7-16(12-15)14-26-11-10-25-4-2/h5-7,12H,3-4,8-11,13-14H2,1-2H3,(H2,22,23,24). The van der Waals surface area contributed by atoms with E-state index < -0.39 is 12.6 Å². The largest absolute Gasteiger partial charge is 0.390 e. The van der Waals surface area contributed by atoms with E-state index in [2.05, 4.69) is 15.6 Å². The minimum atomic E-state index is -4.18. The third-order valence-electron chi connectivity index (χ3n) is 3.30. The maximum Gasteiger partial charge on any atom is 0.390 e. The van der Waals surface area contributed by atoms with Gasteiger partial charge in [-0.1, -0.05) is 24.3 Å². The van der Waals surface area contributed by atoms with Crippen molar-refractivity contribution in [3.63, 3.8) is 0 Å². The first-order valence-corrected chi connectivity index (χ1v) is 8.76. The molecule has 0 radical (unpaired) electrons. The molecule has 0 aliphatic heterocycles. The second-order valence-corrected chi connectivity index (χ2v) is 5.56. The molecule has 0 heterocycles. The Kier molecular flexibility index (Phi) is 10.7. The lowest BCUT2D eigenvalue weighted by molar-refractivity contribution is -0.132. The highest BCUT2D eigenvalue weighted by atomic mass is 19.4. The predicted molar refractivity (Wildman–Crippen MR) is 96.1 cm³/mol. The Morgan fingerprint density at radius 2 is 1.81 bits per heavy atom. The van der Waals surface area contributed by atoms with Crippen LogP contribution in [0.3, 0.4) is 0 Å². The summed E-state index contributed by atoms with van der Waals surface area (Å²) >= 11 is 0. The predicted octanol–water partition coefficient (Wildman–Crippen LogP) is 3.25. The Labute approximate surface area is 153 Å². The summed E-state index contributed by atoms with van der Waals surface area (Å²) in [5, 5.41) is 5.64. The lowest BCUT2D eigenvalue weighted by Crippen LogP contribution is -2.38. The summed E-state index contributed by atoms with van der Waals surface area (Å²) in [5.41, 5.74) is 1.98. The number of halogens is 3. The molecule has 0 saturated heterocycles. The summed E-state index contributed by atoms with van der Waals surface area (Å²) < 4.78 is 47.5. The van der Waals surface area contributed by atoms with Crippen LogP contribution >= 0.6 is 0 Å². The molecular formula is C18H28F3N3O2. The first kappa shape index (κ1) is 22.2. The number of nitrogens with one attached hydrogen (secondary N) is 2. The smallest absolute Gasteiger partial charge is 0.379 e. The van der Waals surface area contributed by atoms with Crippen LogP contribution in [0.5, 0.6) is 0 Å². The lowest BCUT2D eigenvalue weighted by atomic mass is 10.1. The summed E-state index contributed by atoms with van der Waals surface area (Å²) in [6, 6.07) is 7.77. The monoisotopic (exact) mass is 375 g/mol. The van der Waals surface area contributed by atoms with E-state index in [1.165, 1.54) is 0 Å². The van der Waals surface area contributed by atoms with Gasteiger partial charge in [-0.05, 0) is 25.0 Å². The Balaban J connectivity index is 2.50. The molecule has 5 nitrogen and oxygen atoms in total. The van der Waals surface area contributed by atoms with Crippen molar-refractivity contribution in [2.45, 2.75) is 39.6 Å². The van der Waals surface area contributed by atoms with Gasteiger partial charge in [0.15, 0.2) is 5.96 Å². The molecule has 0 aliphatic rings. The summed E-state index contributed by atoms with van der Waals surface area (Å²) in [5.74, 6) is 0.370. The molecule has 0 fully saturated rings. The van der Waals surface area contributed by atoms with E-state index in [4.69, 9.17) is 9.47 Å². The maximum atomic E-state index is 12.2. The molecule has 1 aromatic rings. The summed E-state index contributed by atoms with van der Waals surface area (Å²) in [6.07, 6.45) is -5.08. The summed E-state index contributed by atoms with van der Waals surface area (Å²) in [7, 11) is 0. The average molecular weight is 375 g/mol. The zero-order valence-electron chi connectivity index (χ0n) is 15.4. The van der Waals surface area contributed by atoms with Gasteiger partial charge in [-0.2, -0.15) is 13.2 Å². The molecule has 0 amide bonds. The van der Waals surface area contributed by atoms with Gasteiger partial charge in [0.1, 0.15) is 0 Å². The van der Waals surface area contributed by atoms with Crippen LogP contribution in [0.1, 0.15) is 31.4 Å². The van der Waals surface area contributed by atoms with Gasteiger partial charge in [0, 0.05) is 19.7 Å². The second-order valence-electron chi connectivity index (χ2n) is 5.56. The number of hydrogen-bond acceptors (Lipinski definition) is 3. The molecule has 0 atom stereocenters. The molecule has 0 unspecified atom stereocenters. The van der Waals surface area contributed by atoms with Crippen LogP contribution in [-0.4, -0.2) is 45.0 Å². The summed E-state index contributed by atoms with van der Waals surface area (Å²) in [6.45, 7) is 6.78. The molecule has 148 valence electrons. The summed E-state index contributed by atoms with van der Waals surface area (Å²) in [4.78, 5) is 4.33. The van der Waals surface area contributed by atoms with Gasteiger partial charge in [0.2, 0.25) is 0 Å². The van der Waals surface area contributed by atoms with E-state index >= 15 is 0 Å². The highest BCUT2D eigenvalue weighted by molar-refractivity contribution is 5.79. The molecule has 26 heavy (non-hydrogen) atoms. The average Bonchev–Trinajstić information content (AvgIpc) is 2.59. The number of alkyl halides is 3. The Morgan fingerprint density at radius 3 is 2.50 bits per heavy atom. The number of guanidine groups is 1. The van der Waals surface area contributed by atoms with Crippen molar-refractivity contribution in [3.05, 3.63) is 35.4 Å². The highest BCUT2D eigenvalue weighted by Crippen LogP contribution is 2.18. The molecule has 0 aromatic heterocycles. The number of aliphatic imine (C=N–C) groups is 1. The number of ether oxygens (including phenoxy) is 2. The van der Waals surface area contributed by atoms with Crippen LogP contribution in [0.25, 0.3) is 0 Å². The molecule has 1 rings (SSSR count). The van der Waals surface area contributed by atoms with Crippen molar-refractivity contribution in [2.24, 2.45) is 4.99 Å². The number of nitrogens with zero attached hydrogens (tertiary/aromatic N) is 1. The molecule has 0 aliphatic carbocycles. The minimum absolute atomic E-state index is 0.205. The second kappa shape index (κ2) is 12.5. The zero-order valence-corrected chi connectivity index (χ0v) is 15.4. The third kappa shape index (κ3) is 10.9. The maximum absolute atomic E-state index is 12.2. The fourth-order valence-corrected chi connectivity index (χ4v) is 2.10. The van der Waals surface area contributed by atoms with E-state index in [9.17, 15) is 13.2 Å². The number of benzene rings is 1. The van der Waals surface area contributed by atoms with Gasteiger partial charge in [-0.15, -0.1) is 0 Å². The Hall–Kier alpha value is -1.80. The minimum Gasteiger partial charge on any atom is -0.379 e. The molecular weight excluding hydrogens is 347 g/mol. The highest BCUT2D eigenvalue weighted by Gasteiger charge is 2.26. The topological polar surface area (TPSA) is 54.9 Å². The zero-order chi connectivity index (χ0) is 19.3. The molecule has 8 heteroatoms. The lowest BCUT2D eigenvalue weighted by Gasteiger charge is -2.12. The van der Waals surface area contributed by atoms with E-state index in [1.54, 1.807) is 0 Å². The van der Waals surface area contributed by atoms with Crippen LogP contribution in [0.2, 0.25) is 0 Å². The Bertz CT molecular complexity index is 537. The van der Waals surface area contributed by atoms with Crippen molar-refractivity contribution in [1.29, 1.82) is 0 Å². The van der Waals surface area contributed by atoms with Crippen LogP contribution < -0.4 is 10.6 Å². The first-order valence-electron chi connectivity index (χ1n) is 8.76. The van der Waals surface area contributed by atoms with E-state index in [0.717, 1.165) is 11.1 Å². The van der Waals surface area contributed by atoms with E-state index in [1.807, 2.05) is 38.1 Å². The van der Waals surface area contributed by atoms with Crippen molar-refractivity contribution >= 4 is 5.96 Å². The van der Waals surface area contributed by atoms with E-state index in [-0.39, 0.29) is 6.54 Å². The van der Waals surface area contributed by atoms with Gasteiger partial charge in [0.25, 0.3) is 0 Å². The fraction of sp³-hybridized carbons (Fsp3) is 0.611. The van der Waals surface area contributed by atoms with Crippen LogP contribution in [0.15, 0.2) is 29.3 Å². The fourth-order valence-electron chi connectivity index (χ4n) is 2.10. The molecule has 0 saturated carbocycles. The van der Waals surface area contributed by atoms with Gasteiger partial charge >= 0.3 is 6.18 Å². The molecule has 0 bridgehead atoms. The van der Waals surface area contributed by atoms with E-state index in [0.29, 0.717) is 45.5 Å². The van der Waals surface area contributed by atoms with Gasteiger partial charge in [-0.25, -0.2) is 4.99 Å². The van der Waals surface area contributed by atoms with Crippen LogP contribution in [-0.2, 0) is 22.6 Å². The number of hydrogen-bond donors (Lipinski definition) is 2. The molecule has 2 N–H and O–H groups in total. The van der Waals surface area contributed by atoms with Crippen molar-refractivity contribution < 1.29 is 22.6 Å². The van der Waals surface area contributed by atoms with Gasteiger partial charge in [-0.3, -0.25) is 0 Å². The van der Waals surface area contributed by atoms with Crippen LogP contribution in [0, 0.1) is 0 Å². The van der Waals surface area contributed by atoms with Gasteiger partial charge in [0.05, 0.1) is 32.8 Å². The van der Waals surface area contributed by atoms with Crippen molar-refractivity contribution in [3.8, 4) is 0 Å². The third-order valence-corrected chi connectivity index (χ3v) is 3.30. The van der Waals surface area contributed by atoms with Crippen LogP contribution in [0.4, 0.5) is 13.2 Å². The normalized spacial score (nSPS) is 12.3. The molecule has 1 aromatic carbocycles. The Morgan fingerprint density at radius 1 is 1.08 bits per heavy atom. The van der Waals surface area contributed by atoms with Gasteiger partial charge < -0.3 is 20.1 Å². The first-order chi connectivity index (χ1) is 12.4.